The standard InChI is InChI=1S/C26H21IN4O2S/c1-16-6-7-17(2)22(12-16)23-14-25(19-4-3-5-21(13-19)31(32)33)30(29-23)26-28-24(15-34-26)18-8-10-20(27)11-9-18/h3-13,15,25H,14H2,1-2H3. The topological polar surface area (TPSA) is 71.6 Å². The lowest BCUT2D eigenvalue weighted by molar-refractivity contribution is -0.384. The second-order valence-corrected chi connectivity index (χ2v) is 10.4. The number of non-ortho nitro benzene ring substituents is 1. The van der Waals surface area contributed by atoms with Crippen LogP contribution in [0.2, 0.25) is 0 Å². The molecule has 1 atom stereocenters. The van der Waals surface area contributed by atoms with Gasteiger partial charge >= 0.3 is 0 Å². The summed E-state index contributed by atoms with van der Waals surface area (Å²) in [5, 5.41) is 21.2. The van der Waals surface area contributed by atoms with Gasteiger partial charge in [-0.1, -0.05) is 42.0 Å². The zero-order valence-electron chi connectivity index (χ0n) is 18.6. The monoisotopic (exact) mass is 580 g/mol. The molecule has 0 saturated heterocycles. The molecule has 1 aliphatic rings. The van der Waals surface area contributed by atoms with Crippen molar-refractivity contribution in [1.29, 1.82) is 0 Å². The minimum Gasteiger partial charge on any atom is -0.258 e. The molecule has 0 bridgehead atoms. The fourth-order valence-corrected chi connectivity index (χ4v) is 5.32. The van der Waals surface area contributed by atoms with Crippen LogP contribution in [0.4, 0.5) is 10.8 Å². The molecule has 0 radical (unpaired) electrons. The van der Waals surface area contributed by atoms with E-state index in [1.165, 1.54) is 26.5 Å². The molecule has 8 heteroatoms. The van der Waals surface area contributed by atoms with E-state index in [-0.39, 0.29) is 16.7 Å². The minimum atomic E-state index is -0.354. The number of benzene rings is 3. The number of rotatable bonds is 5. The van der Waals surface area contributed by atoms with Gasteiger partial charge in [-0.3, -0.25) is 10.1 Å². The number of anilines is 1. The van der Waals surface area contributed by atoms with Crippen molar-refractivity contribution in [2.45, 2.75) is 26.3 Å². The predicted octanol–water partition coefficient (Wildman–Crippen LogP) is 7.30. The molecule has 0 spiro atoms. The molecule has 1 aliphatic heterocycles. The van der Waals surface area contributed by atoms with Gasteiger partial charge in [0.2, 0.25) is 5.13 Å². The van der Waals surface area contributed by atoms with E-state index >= 15 is 0 Å². The number of aromatic nitrogens is 1. The van der Waals surface area contributed by atoms with Gasteiger partial charge in [0.25, 0.3) is 5.69 Å². The smallest absolute Gasteiger partial charge is 0.258 e. The van der Waals surface area contributed by atoms with Crippen LogP contribution in [-0.4, -0.2) is 15.6 Å². The largest absolute Gasteiger partial charge is 0.269 e. The third-order valence-corrected chi connectivity index (χ3v) is 7.46. The van der Waals surface area contributed by atoms with Gasteiger partial charge in [0, 0.05) is 38.6 Å². The van der Waals surface area contributed by atoms with Crippen LogP contribution in [0.3, 0.4) is 0 Å². The van der Waals surface area contributed by atoms with Crippen LogP contribution in [0.15, 0.2) is 77.2 Å². The van der Waals surface area contributed by atoms with E-state index < -0.39 is 0 Å². The van der Waals surface area contributed by atoms with Gasteiger partial charge in [0.05, 0.1) is 22.4 Å². The zero-order chi connectivity index (χ0) is 23.8. The Labute approximate surface area is 215 Å². The van der Waals surface area contributed by atoms with Crippen molar-refractivity contribution in [2.24, 2.45) is 5.10 Å². The van der Waals surface area contributed by atoms with Crippen molar-refractivity contribution >= 4 is 50.5 Å². The maximum Gasteiger partial charge on any atom is 0.269 e. The number of aryl methyl sites for hydroxylation is 2. The SMILES string of the molecule is Cc1ccc(C)c(C2=NN(c3nc(-c4ccc(I)cc4)cs3)C(c3cccc([N+](=O)[O-])c3)C2)c1. The highest BCUT2D eigenvalue weighted by Crippen LogP contribution is 2.40. The Morgan fingerprint density at radius 3 is 2.65 bits per heavy atom. The molecule has 1 aromatic heterocycles. The third kappa shape index (κ3) is 4.47. The number of thiazole rings is 1. The summed E-state index contributed by atoms with van der Waals surface area (Å²) >= 11 is 3.82. The summed E-state index contributed by atoms with van der Waals surface area (Å²) in [5.41, 5.74) is 7.26. The molecule has 0 aliphatic carbocycles. The van der Waals surface area contributed by atoms with Crippen molar-refractivity contribution in [2.75, 3.05) is 5.01 Å². The average molecular weight is 580 g/mol. The number of hydrogen-bond donors (Lipinski definition) is 0. The minimum absolute atomic E-state index is 0.0800. The Balaban J connectivity index is 1.57. The van der Waals surface area contributed by atoms with Crippen LogP contribution in [0, 0.1) is 27.5 Å². The van der Waals surface area contributed by atoms with Gasteiger partial charge in [0.15, 0.2) is 0 Å². The van der Waals surface area contributed by atoms with Crippen molar-refractivity contribution in [3.63, 3.8) is 0 Å². The highest BCUT2D eigenvalue weighted by Gasteiger charge is 2.33. The van der Waals surface area contributed by atoms with E-state index in [4.69, 9.17) is 10.1 Å². The van der Waals surface area contributed by atoms with Crippen molar-refractivity contribution in [1.82, 2.24) is 4.98 Å². The molecule has 5 rings (SSSR count). The predicted molar refractivity (Wildman–Crippen MR) is 146 cm³/mol. The maximum absolute atomic E-state index is 11.4. The molecular weight excluding hydrogens is 559 g/mol. The van der Waals surface area contributed by atoms with Crippen molar-refractivity contribution in [3.05, 3.63) is 108 Å². The van der Waals surface area contributed by atoms with Crippen LogP contribution in [-0.2, 0) is 0 Å². The van der Waals surface area contributed by atoms with E-state index in [0.29, 0.717) is 6.42 Å². The Morgan fingerprint density at radius 1 is 1.09 bits per heavy atom. The molecule has 3 aromatic carbocycles. The molecule has 0 saturated carbocycles. The number of nitro groups is 1. The number of hydrogen-bond acceptors (Lipinski definition) is 6. The normalized spacial score (nSPS) is 15.4. The first-order chi connectivity index (χ1) is 16.4. The van der Waals surface area contributed by atoms with E-state index in [1.807, 2.05) is 16.5 Å². The molecule has 170 valence electrons. The summed E-state index contributed by atoms with van der Waals surface area (Å²) < 4.78 is 1.17. The fourth-order valence-electron chi connectivity index (χ4n) is 4.12. The molecule has 0 amide bonds. The highest BCUT2D eigenvalue weighted by molar-refractivity contribution is 14.1. The van der Waals surface area contributed by atoms with Crippen LogP contribution in [0.25, 0.3) is 11.3 Å². The first kappa shape index (κ1) is 22.7. The maximum atomic E-state index is 11.4. The fraction of sp³-hybridized carbons (Fsp3) is 0.154. The Hall–Kier alpha value is -3.11. The number of nitro benzene ring substituents is 1. The molecule has 0 fully saturated rings. The van der Waals surface area contributed by atoms with Gasteiger partial charge in [0.1, 0.15) is 0 Å². The lowest BCUT2D eigenvalue weighted by atomic mass is 9.95. The lowest BCUT2D eigenvalue weighted by Crippen LogP contribution is -2.18. The zero-order valence-corrected chi connectivity index (χ0v) is 21.6. The summed E-state index contributed by atoms with van der Waals surface area (Å²) in [7, 11) is 0. The van der Waals surface area contributed by atoms with E-state index in [1.54, 1.807) is 12.1 Å². The molecule has 34 heavy (non-hydrogen) atoms. The number of halogens is 1. The quantitative estimate of drug-likeness (QED) is 0.141. The summed E-state index contributed by atoms with van der Waals surface area (Å²) in [6.07, 6.45) is 0.643. The first-order valence-electron chi connectivity index (χ1n) is 10.8. The van der Waals surface area contributed by atoms with E-state index in [9.17, 15) is 10.1 Å². The van der Waals surface area contributed by atoms with E-state index in [0.717, 1.165) is 38.8 Å². The summed E-state index contributed by atoms with van der Waals surface area (Å²) in [4.78, 5) is 16.0. The first-order valence-corrected chi connectivity index (χ1v) is 12.7. The Kier molecular flexibility index (Phi) is 6.18. The molecule has 6 nitrogen and oxygen atoms in total. The van der Waals surface area contributed by atoms with Gasteiger partial charge < -0.3 is 0 Å². The summed E-state index contributed by atoms with van der Waals surface area (Å²) in [6, 6.07) is 21.3. The van der Waals surface area contributed by atoms with Crippen LogP contribution >= 0.6 is 33.9 Å². The van der Waals surface area contributed by atoms with Gasteiger partial charge in [-0.15, -0.1) is 11.3 Å². The van der Waals surface area contributed by atoms with Crippen LogP contribution in [0.1, 0.15) is 34.7 Å². The van der Waals surface area contributed by atoms with Gasteiger partial charge in [-0.2, -0.15) is 5.10 Å². The van der Waals surface area contributed by atoms with Gasteiger partial charge in [-0.25, -0.2) is 9.99 Å². The molecular formula is C26H21IN4O2S. The number of nitrogens with zero attached hydrogens (tertiary/aromatic N) is 4. The van der Waals surface area contributed by atoms with Crippen LogP contribution in [0.5, 0.6) is 0 Å². The number of hydrazone groups is 1. The van der Waals surface area contributed by atoms with E-state index in [2.05, 4.69) is 78.9 Å². The Morgan fingerprint density at radius 2 is 1.88 bits per heavy atom. The average Bonchev–Trinajstić information content (AvgIpc) is 3.49. The second-order valence-electron chi connectivity index (χ2n) is 8.30. The molecule has 2 heterocycles. The molecule has 4 aromatic rings. The van der Waals surface area contributed by atoms with Gasteiger partial charge in [-0.05, 0) is 65.8 Å². The van der Waals surface area contributed by atoms with Crippen molar-refractivity contribution in [3.8, 4) is 11.3 Å². The summed E-state index contributed by atoms with van der Waals surface area (Å²) in [5.74, 6) is 0. The second kappa shape index (κ2) is 9.27. The summed E-state index contributed by atoms with van der Waals surface area (Å²) in [6.45, 7) is 4.16. The Bertz CT molecular complexity index is 1410. The third-order valence-electron chi connectivity index (χ3n) is 5.91. The molecule has 0 N–H and O–H groups in total. The van der Waals surface area contributed by atoms with Crippen LogP contribution < -0.4 is 5.01 Å². The lowest BCUT2D eigenvalue weighted by Gasteiger charge is -2.21. The molecule has 1 unspecified atom stereocenters. The van der Waals surface area contributed by atoms with Crippen molar-refractivity contribution < 1.29 is 4.92 Å². The highest BCUT2D eigenvalue weighted by atomic mass is 127.